The number of hydrogen-bond acceptors (Lipinski definition) is 5. The molecule has 0 heterocycles. The van der Waals surface area contributed by atoms with E-state index in [-0.39, 0.29) is 40.7 Å². The van der Waals surface area contributed by atoms with E-state index in [4.69, 9.17) is 0 Å². The van der Waals surface area contributed by atoms with E-state index in [1.165, 1.54) is 25.1 Å². The molecule has 0 fully saturated rings. The number of nitrogens with one attached hydrogen (secondary N) is 1. The van der Waals surface area contributed by atoms with Gasteiger partial charge in [0.05, 0.1) is 16.3 Å². The molecule has 2 N–H and O–H groups in total. The fraction of sp³-hybridized carbons (Fsp3) is 0.300. The second-order valence-electron chi connectivity index (χ2n) is 6.37. The Morgan fingerprint density at radius 2 is 1.74 bits per heavy atom. The average molecular weight is 389 g/mol. The second-order valence-corrected chi connectivity index (χ2v) is 8.65. The van der Waals surface area contributed by atoms with Crippen molar-refractivity contribution in [1.82, 2.24) is 0 Å². The SMILES string of the molecule is CCS(=O)(=O)c1ccc(O)c(NC(=O)CCC(=O)c2cc(C)ccc2C)c1. The molecule has 0 aromatic heterocycles. The highest BCUT2D eigenvalue weighted by atomic mass is 32.2. The molecular weight excluding hydrogens is 366 g/mol. The number of rotatable bonds is 7. The van der Waals surface area contributed by atoms with Crippen molar-refractivity contribution in [1.29, 1.82) is 0 Å². The van der Waals surface area contributed by atoms with Crippen molar-refractivity contribution in [3.8, 4) is 5.75 Å². The molecule has 0 bridgehead atoms. The zero-order valence-electron chi connectivity index (χ0n) is 15.6. The van der Waals surface area contributed by atoms with E-state index in [0.29, 0.717) is 5.56 Å². The van der Waals surface area contributed by atoms with E-state index in [9.17, 15) is 23.1 Å². The molecule has 1 amide bonds. The van der Waals surface area contributed by atoms with Crippen molar-refractivity contribution in [3.05, 3.63) is 53.1 Å². The molecule has 6 nitrogen and oxygen atoms in total. The number of benzene rings is 2. The van der Waals surface area contributed by atoms with Gasteiger partial charge in [0.1, 0.15) is 5.75 Å². The van der Waals surface area contributed by atoms with E-state index >= 15 is 0 Å². The van der Waals surface area contributed by atoms with Crippen LogP contribution < -0.4 is 5.32 Å². The largest absolute Gasteiger partial charge is 0.506 e. The first-order chi connectivity index (χ1) is 12.6. The van der Waals surface area contributed by atoms with Crippen LogP contribution in [0.15, 0.2) is 41.3 Å². The Hall–Kier alpha value is -2.67. The summed E-state index contributed by atoms with van der Waals surface area (Å²) in [6, 6.07) is 9.30. The predicted molar refractivity (Wildman–Crippen MR) is 104 cm³/mol. The molecule has 0 saturated carbocycles. The van der Waals surface area contributed by atoms with Crippen molar-refractivity contribution < 1.29 is 23.1 Å². The van der Waals surface area contributed by atoms with Gasteiger partial charge in [0, 0.05) is 18.4 Å². The van der Waals surface area contributed by atoms with Gasteiger partial charge in [0.15, 0.2) is 15.6 Å². The molecule has 27 heavy (non-hydrogen) atoms. The van der Waals surface area contributed by atoms with Crippen LogP contribution in [-0.2, 0) is 14.6 Å². The topological polar surface area (TPSA) is 101 Å². The highest BCUT2D eigenvalue weighted by molar-refractivity contribution is 7.91. The molecule has 0 unspecified atom stereocenters. The monoisotopic (exact) mass is 389 g/mol. The van der Waals surface area contributed by atoms with Crippen molar-refractivity contribution in [3.63, 3.8) is 0 Å². The number of phenols is 1. The molecule has 0 radical (unpaired) electrons. The van der Waals surface area contributed by atoms with Crippen LogP contribution >= 0.6 is 0 Å². The van der Waals surface area contributed by atoms with Crippen LogP contribution in [0.3, 0.4) is 0 Å². The number of sulfone groups is 1. The van der Waals surface area contributed by atoms with Gasteiger partial charge in [-0.15, -0.1) is 0 Å². The molecule has 7 heteroatoms. The van der Waals surface area contributed by atoms with E-state index in [0.717, 1.165) is 11.1 Å². The fourth-order valence-electron chi connectivity index (χ4n) is 2.59. The van der Waals surface area contributed by atoms with Crippen molar-refractivity contribution in [2.75, 3.05) is 11.1 Å². The lowest BCUT2D eigenvalue weighted by Crippen LogP contribution is -2.14. The molecule has 2 aromatic carbocycles. The molecule has 2 aromatic rings. The van der Waals surface area contributed by atoms with Crippen LogP contribution in [0.25, 0.3) is 0 Å². The number of ketones is 1. The van der Waals surface area contributed by atoms with Gasteiger partial charge in [-0.25, -0.2) is 8.42 Å². The molecule has 2 rings (SSSR count). The average Bonchev–Trinajstić information content (AvgIpc) is 2.63. The second kappa shape index (κ2) is 8.35. The quantitative estimate of drug-likeness (QED) is 0.558. The normalized spacial score (nSPS) is 11.2. The number of aromatic hydroxyl groups is 1. The number of carbonyl (C=O) groups is 2. The number of carbonyl (C=O) groups excluding carboxylic acids is 2. The Balaban J connectivity index is 2.07. The van der Waals surface area contributed by atoms with Gasteiger partial charge in [-0.2, -0.15) is 0 Å². The van der Waals surface area contributed by atoms with Gasteiger partial charge in [-0.05, 0) is 43.7 Å². The van der Waals surface area contributed by atoms with E-state index < -0.39 is 15.7 Å². The summed E-state index contributed by atoms with van der Waals surface area (Å²) in [5.41, 5.74) is 2.41. The highest BCUT2D eigenvalue weighted by Gasteiger charge is 2.16. The number of hydrogen-bond donors (Lipinski definition) is 2. The third-order valence-electron chi connectivity index (χ3n) is 4.25. The van der Waals surface area contributed by atoms with Gasteiger partial charge in [0.2, 0.25) is 5.91 Å². The number of anilines is 1. The lowest BCUT2D eigenvalue weighted by molar-refractivity contribution is -0.116. The molecule has 0 aliphatic rings. The summed E-state index contributed by atoms with van der Waals surface area (Å²) in [6.07, 6.45) is -0.0553. The van der Waals surface area contributed by atoms with Gasteiger partial charge in [-0.3, -0.25) is 9.59 Å². The summed E-state index contributed by atoms with van der Waals surface area (Å²) >= 11 is 0. The third kappa shape index (κ3) is 5.17. The Morgan fingerprint density at radius 3 is 2.41 bits per heavy atom. The first kappa shape index (κ1) is 20.6. The minimum absolute atomic E-state index is 0.00806. The van der Waals surface area contributed by atoms with Gasteiger partial charge >= 0.3 is 0 Å². The Labute approximate surface area is 159 Å². The Bertz CT molecular complexity index is 980. The van der Waals surface area contributed by atoms with Gasteiger partial charge in [-0.1, -0.05) is 24.6 Å². The van der Waals surface area contributed by atoms with Crippen LogP contribution in [0.5, 0.6) is 5.75 Å². The van der Waals surface area contributed by atoms with E-state index in [2.05, 4.69) is 5.32 Å². The van der Waals surface area contributed by atoms with Crippen molar-refractivity contribution in [2.24, 2.45) is 0 Å². The highest BCUT2D eigenvalue weighted by Crippen LogP contribution is 2.27. The maximum absolute atomic E-state index is 12.4. The summed E-state index contributed by atoms with van der Waals surface area (Å²) < 4.78 is 23.9. The maximum atomic E-state index is 12.4. The van der Waals surface area contributed by atoms with E-state index in [1.807, 2.05) is 26.0 Å². The summed E-state index contributed by atoms with van der Waals surface area (Å²) in [4.78, 5) is 24.5. The van der Waals surface area contributed by atoms with Crippen molar-refractivity contribution >= 4 is 27.2 Å². The standard InChI is InChI=1S/C20H23NO5S/c1-4-27(25,26)15-7-8-19(23)17(12-15)21-20(24)10-9-18(22)16-11-13(2)5-6-14(16)3/h5-8,11-12,23H,4,9-10H2,1-3H3,(H,21,24). The van der Waals surface area contributed by atoms with Gasteiger partial charge in [0.25, 0.3) is 0 Å². The van der Waals surface area contributed by atoms with Gasteiger partial charge < -0.3 is 10.4 Å². The lowest BCUT2D eigenvalue weighted by Gasteiger charge is -2.10. The number of aryl methyl sites for hydroxylation is 2. The van der Waals surface area contributed by atoms with Crippen LogP contribution in [0, 0.1) is 13.8 Å². The zero-order valence-corrected chi connectivity index (χ0v) is 16.4. The molecular formula is C20H23NO5S. The maximum Gasteiger partial charge on any atom is 0.224 e. The van der Waals surface area contributed by atoms with Crippen LogP contribution in [0.1, 0.15) is 41.3 Å². The molecule has 0 spiro atoms. The van der Waals surface area contributed by atoms with Crippen molar-refractivity contribution in [2.45, 2.75) is 38.5 Å². The summed E-state index contributed by atoms with van der Waals surface area (Å²) in [7, 11) is -3.46. The number of phenolic OH excluding ortho intramolecular Hbond substituents is 1. The Kier molecular flexibility index (Phi) is 6.38. The first-order valence-electron chi connectivity index (χ1n) is 8.60. The fourth-order valence-corrected chi connectivity index (χ4v) is 3.49. The molecule has 144 valence electrons. The molecule has 0 atom stereocenters. The number of amides is 1. The van der Waals surface area contributed by atoms with Crippen LogP contribution in [-0.4, -0.2) is 31.0 Å². The first-order valence-corrected chi connectivity index (χ1v) is 10.3. The third-order valence-corrected chi connectivity index (χ3v) is 5.99. The Morgan fingerprint density at radius 1 is 1.04 bits per heavy atom. The zero-order chi connectivity index (χ0) is 20.2. The van der Waals surface area contributed by atoms with E-state index in [1.54, 1.807) is 6.07 Å². The summed E-state index contributed by atoms with van der Waals surface area (Å²) in [5, 5.41) is 12.3. The number of Topliss-reactive ketones (excluding diaryl/α,β-unsaturated/α-hetero) is 1. The minimum atomic E-state index is -3.46. The minimum Gasteiger partial charge on any atom is -0.506 e. The summed E-state index contributed by atoms with van der Waals surface area (Å²) in [6.45, 7) is 5.24. The molecule has 0 aliphatic carbocycles. The lowest BCUT2D eigenvalue weighted by atomic mass is 9.99. The smallest absolute Gasteiger partial charge is 0.224 e. The summed E-state index contributed by atoms with van der Waals surface area (Å²) in [5.74, 6) is -0.942. The van der Waals surface area contributed by atoms with Crippen LogP contribution in [0.2, 0.25) is 0 Å². The molecule has 0 aliphatic heterocycles. The molecule has 0 saturated heterocycles. The van der Waals surface area contributed by atoms with Crippen LogP contribution in [0.4, 0.5) is 5.69 Å². The predicted octanol–water partition coefficient (Wildman–Crippen LogP) is 3.40.